The largest absolute Gasteiger partial charge is 0.377 e. The van der Waals surface area contributed by atoms with E-state index in [4.69, 9.17) is 0 Å². The maximum Gasteiger partial charge on any atom is 0.0396 e. The van der Waals surface area contributed by atoms with Crippen LogP contribution in [0.3, 0.4) is 0 Å². The van der Waals surface area contributed by atoms with Gasteiger partial charge in [-0.15, -0.1) is 0 Å². The summed E-state index contributed by atoms with van der Waals surface area (Å²) in [6.45, 7) is 0. The van der Waals surface area contributed by atoms with Gasteiger partial charge in [-0.05, 0) is 36.5 Å². The van der Waals surface area contributed by atoms with Crippen molar-refractivity contribution >= 4 is 5.69 Å². The van der Waals surface area contributed by atoms with Gasteiger partial charge in [0.15, 0.2) is 0 Å². The highest BCUT2D eigenvalue weighted by Gasteiger charge is 2.05. The molecule has 2 rings (SSSR count). The molecule has 0 bridgehead atoms. The summed E-state index contributed by atoms with van der Waals surface area (Å²) in [5, 5.41) is 0. The molecule has 0 spiro atoms. The van der Waals surface area contributed by atoms with Crippen molar-refractivity contribution in [2.24, 2.45) is 0 Å². The van der Waals surface area contributed by atoms with Crippen molar-refractivity contribution in [2.75, 3.05) is 19.0 Å². The van der Waals surface area contributed by atoms with Gasteiger partial charge >= 0.3 is 0 Å². The monoisotopic (exact) mass is 213 g/mol. The predicted molar refractivity (Wildman–Crippen MR) is 70.9 cm³/mol. The van der Waals surface area contributed by atoms with E-state index in [2.05, 4.69) is 61.5 Å². The molecule has 0 saturated carbocycles. The maximum absolute atomic E-state index is 2.35. The molecule has 16 heavy (non-hydrogen) atoms. The fraction of sp³-hybridized carbons (Fsp3) is 0.333. The number of rotatable bonds is 3. The van der Waals surface area contributed by atoms with Gasteiger partial charge in [-0.3, -0.25) is 0 Å². The molecule has 0 aliphatic heterocycles. The van der Waals surface area contributed by atoms with Crippen molar-refractivity contribution in [1.82, 2.24) is 0 Å². The molecule has 1 aliphatic rings. The Hall–Kier alpha value is -1.50. The van der Waals surface area contributed by atoms with Crippen LogP contribution in [0.2, 0.25) is 0 Å². The zero-order valence-corrected chi connectivity index (χ0v) is 10.1. The Kier molecular flexibility index (Phi) is 3.45. The highest BCUT2D eigenvalue weighted by molar-refractivity contribution is 5.54. The minimum Gasteiger partial charge on any atom is -0.377 e. The molecule has 1 aromatic carbocycles. The quantitative estimate of drug-likeness (QED) is 0.742. The van der Waals surface area contributed by atoms with Crippen LogP contribution in [0.5, 0.6) is 0 Å². The minimum atomic E-state index is 1.05. The van der Waals surface area contributed by atoms with Gasteiger partial charge < -0.3 is 4.90 Å². The Labute approximate surface area is 98.1 Å². The Morgan fingerprint density at radius 3 is 2.62 bits per heavy atom. The second-order valence-electron chi connectivity index (χ2n) is 4.46. The molecule has 0 unspecified atom stereocenters. The van der Waals surface area contributed by atoms with E-state index in [0.29, 0.717) is 0 Å². The molecule has 0 N–H and O–H groups in total. The Bertz CT molecular complexity index is 413. The molecule has 0 radical (unpaired) electrons. The molecule has 0 fully saturated rings. The molecule has 1 aromatic rings. The van der Waals surface area contributed by atoms with Crippen molar-refractivity contribution in [3.63, 3.8) is 0 Å². The average Bonchev–Trinajstić information content (AvgIpc) is 2.31. The first-order valence-electron chi connectivity index (χ1n) is 5.88. The van der Waals surface area contributed by atoms with E-state index in [-0.39, 0.29) is 0 Å². The SMILES string of the molecule is CN(C)c1ccccc1CC1=CCCC=C1. The Balaban J connectivity index is 2.20. The summed E-state index contributed by atoms with van der Waals surface area (Å²) in [5.74, 6) is 0. The molecular formula is C15H19N. The van der Waals surface area contributed by atoms with Crippen LogP contribution in [-0.2, 0) is 6.42 Å². The summed E-state index contributed by atoms with van der Waals surface area (Å²) in [4.78, 5) is 2.18. The van der Waals surface area contributed by atoms with E-state index in [9.17, 15) is 0 Å². The maximum atomic E-state index is 2.35. The zero-order valence-electron chi connectivity index (χ0n) is 10.1. The van der Waals surface area contributed by atoms with Crippen molar-refractivity contribution in [1.29, 1.82) is 0 Å². The Morgan fingerprint density at radius 2 is 1.94 bits per heavy atom. The minimum absolute atomic E-state index is 1.05. The first-order chi connectivity index (χ1) is 7.77. The third-order valence-electron chi connectivity index (χ3n) is 2.94. The lowest BCUT2D eigenvalue weighted by Crippen LogP contribution is -2.11. The molecule has 1 heteroatoms. The van der Waals surface area contributed by atoms with Gasteiger partial charge in [-0.1, -0.05) is 36.4 Å². The van der Waals surface area contributed by atoms with Crippen LogP contribution in [0, 0.1) is 0 Å². The van der Waals surface area contributed by atoms with Crippen molar-refractivity contribution < 1.29 is 0 Å². The summed E-state index contributed by atoms with van der Waals surface area (Å²) in [5.41, 5.74) is 4.17. The molecule has 0 atom stereocenters. The van der Waals surface area contributed by atoms with Crippen LogP contribution in [0.4, 0.5) is 5.69 Å². The first kappa shape index (κ1) is 11.0. The van der Waals surface area contributed by atoms with Crippen LogP contribution in [0.25, 0.3) is 0 Å². The number of benzene rings is 1. The molecule has 0 saturated heterocycles. The van der Waals surface area contributed by atoms with Crippen LogP contribution in [0.15, 0.2) is 48.1 Å². The highest BCUT2D eigenvalue weighted by Crippen LogP contribution is 2.23. The van der Waals surface area contributed by atoms with Gasteiger partial charge in [-0.2, -0.15) is 0 Å². The lowest BCUT2D eigenvalue weighted by Gasteiger charge is -2.18. The standard InChI is InChI=1S/C15H19N/c1-16(2)15-11-7-6-10-14(15)12-13-8-4-3-5-9-13/h4,6-11H,3,5,12H2,1-2H3. The predicted octanol–water partition coefficient (Wildman–Crippen LogP) is 3.57. The van der Waals surface area contributed by atoms with Gasteiger partial charge in [0.25, 0.3) is 0 Å². The van der Waals surface area contributed by atoms with Crippen LogP contribution in [0.1, 0.15) is 18.4 Å². The third kappa shape index (κ3) is 2.54. The second-order valence-corrected chi connectivity index (χ2v) is 4.46. The van der Waals surface area contributed by atoms with E-state index >= 15 is 0 Å². The number of allylic oxidation sites excluding steroid dienone is 4. The molecule has 84 valence electrons. The highest BCUT2D eigenvalue weighted by atomic mass is 15.1. The topological polar surface area (TPSA) is 3.24 Å². The molecular weight excluding hydrogens is 194 g/mol. The number of anilines is 1. The summed E-state index contributed by atoms with van der Waals surface area (Å²) >= 11 is 0. The van der Waals surface area contributed by atoms with Crippen molar-refractivity contribution in [3.05, 3.63) is 53.6 Å². The van der Waals surface area contributed by atoms with Crippen molar-refractivity contribution in [2.45, 2.75) is 19.3 Å². The number of para-hydroxylation sites is 1. The van der Waals surface area contributed by atoms with E-state index in [1.807, 2.05) is 0 Å². The number of nitrogens with zero attached hydrogens (tertiary/aromatic N) is 1. The second kappa shape index (κ2) is 5.02. The van der Waals surface area contributed by atoms with E-state index in [1.54, 1.807) is 0 Å². The van der Waals surface area contributed by atoms with Gasteiger partial charge in [0.1, 0.15) is 0 Å². The molecule has 0 amide bonds. The molecule has 1 aliphatic carbocycles. The lowest BCUT2D eigenvalue weighted by molar-refractivity contribution is 0.989. The smallest absolute Gasteiger partial charge is 0.0396 e. The molecule has 0 heterocycles. The van der Waals surface area contributed by atoms with Crippen molar-refractivity contribution in [3.8, 4) is 0 Å². The van der Waals surface area contributed by atoms with E-state index in [0.717, 1.165) is 6.42 Å². The fourth-order valence-electron chi connectivity index (χ4n) is 2.12. The average molecular weight is 213 g/mol. The van der Waals surface area contributed by atoms with E-state index in [1.165, 1.54) is 29.7 Å². The zero-order chi connectivity index (χ0) is 11.4. The van der Waals surface area contributed by atoms with Gasteiger partial charge in [0, 0.05) is 19.8 Å². The number of hydrogen-bond acceptors (Lipinski definition) is 1. The summed E-state index contributed by atoms with van der Waals surface area (Å²) in [7, 11) is 4.20. The van der Waals surface area contributed by atoms with Crippen LogP contribution < -0.4 is 4.90 Å². The van der Waals surface area contributed by atoms with Gasteiger partial charge in [0.05, 0.1) is 0 Å². The van der Waals surface area contributed by atoms with Crippen LogP contribution >= 0.6 is 0 Å². The summed E-state index contributed by atoms with van der Waals surface area (Å²) < 4.78 is 0. The van der Waals surface area contributed by atoms with Gasteiger partial charge in [-0.25, -0.2) is 0 Å². The normalized spacial score (nSPS) is 14.8. The van der Waals surface area contributed by atoms with Gasteiger partial charge in [0.2, 0.25) is 0 Å². The lowest BCUT2D eigenvalue weighted by atomic mass is 9.98. The van der Waals surface area contributed by atoms with Crippen LogP contribution in [-0.4, -0.2) is 14.1 Å². The number of hydrogen-bond donors (Lipinski definition) is 0. The summed E-state index contributed by atoms with van der Waals surface area (Å²) in [6.07, 6.45) is 10.3. The summed E-state index contributed by atoms with van der Waals surface area (Å²) in [6, 6.07) is 8.63. The first-order valence-corrected chi connectivity index (χ1v) is 5.88. The molecule has 1 nitrogen and oxygen atoms in total. The molecule has 0 aromatic heterocycles. The fourth-order valence-corrected chi connectivity index (χ4v) is 2.12. The third-order valence-corrected chi connectivity index (χ3v) is 2.94. The van der Waals surface area contributed by atoms with E-state index < -0.39 is 0 Å². The Morgan fingerprint density at radius 1 is 1.12 bits per heavy atom.